The van der Waals surface area contributed by atoms with Gasteiger partial charge in [0.05, 0.1) is 0 Å². The normalized spacial score (nSPS) is 21.0. The molecule has 2 fully saturated rings. The van der Waals surface area contributed by atoms with E-state index < -0.39 is 0 Å². The van der Waals surface area contributed by atoms with Crippen molar-refractivity contribution in [3.8, 4) is 0 Å². The van der Waals surface area contributed by atoms with Gasteiger partial charge in [0, 0.05) is 37.8 Å². The highest BCUT2D eigenvalue weighted by Crippen LogP contribution is 2.23. The van der Waals surface area contributed by atoms with Crippen molar-refractivity contribution in [3.63, 3.8) is 0 Å². The first-order valence-corrected chi connectivity index (χ1v) is 9.26. The van der Waals surface area contributed by atoms with E-state index in [4.69, 9.17) is 0 Å². The number of piperidine rings is 1. The molecule has 0 aromatic carbocycles. The highest BCUT2D eigenvalue weighted by Gasteiger charge is 2.31. The molecule has 0 spiro atoms. The number of carbonyl (C=O) groups excluding carboxylic acids is 2. The predicted octanol–water partition coefficient (Wildman–Crippen LogP) is 2.00. The maximum Gasteiger partial charge on any atom is 0.261 e. The third kappa shape index (κ3) is 3.78. The van der Waals surface area contributed by atoms with Crippen LogP contribution in [0.3, 0.4) is 0 Å². The van der Waals surface area contributed by atoms with Crippen LogP contribution >= 0.6 is 0 Å². The van der Waals surface area contributed by atoms with Crippen molar-refractivity contribution >= 4 is 11.8 Å². The summed E-state index contributed by atoms with van der Waals surface area (Å²) in [5.74, 6) is 0.0516. The SMILES string of the molecule is Cc1cc(C)c(C(=O)N2CCCC[C@@H]2CCN2CCCC2=O)c(=O)[nH]1. The highest BCUT2D eigenvalue weighted by atomic mass is 16.2. The molecular formula is C19H27N3O3. The van der Waals surface area contributed by atoms with Crippen molar-refractivity contribution in [2.24, 2.45) is 0 Å². The van der Waals surface area contributed by atoms with Crippen LogP contribution in [-0.2, 0) is 4.79 Å². The summed E-state index contributed by atoms with van der Waals surface area (Å²) < 4.78 is 0. The molecule has 1 aromatic heterocycles. The first-order chi connectivity index (χ1) is 12.0. The summed E-state index contributed by atoms with van der Waals surface area (Å²) in [6, 6.07) is 1.95. The van der Waals surface area contributed by atoms with Gasteiger partial charge < -0.3 is 14.8 Å². The minimum Gasteiger partial charge on any atom is -0.343 e. The molecule has 136 valence electrons. The molecule has 0 radical (unpaired) electrons. The Hall–Kier alpha value is -2.11. The van der Waals surface area contributed by atoms with Crippen molar-refractivity contribution in [3.05, 3.63) is 33.2 Å². The number of aromatic nitrogens is 1. The first-order valence-electron chi connectivity index (χ1n) is 9.26. The molecule has 25 heavy (non-hydrogen) atoms. The van der Waals surface area contributed by atoms with Gasteiger partial charge in [-0.15, -0.1) is 0 Å². The molecule has 0 aliphatic carbocycles. The molecule has 1 N–H and O–H groups in total. The Morgan fingerprint density at radius 3 is 2.68 bits per heavy atom. The van der Waals surface area contributed by atoms with Gasteiger partial charge in [-0.05, 0) is 57.6 Å². The van der Waals surface area contributed by atoms with E-state index in [1.807, 2.05) is 29.7 Å². The fourth-order valence-electron chi connectivity index (χ4n) is 4.08. The number of hydrogen-bond acceptors (Lipinski definition) is 3. The molecule has 2 amide bonds. The average molecular weight is 345 g/mol. The summed E-state index contributed by atoms with van der Waals surface area (Å²) in [7, 11) is 0. The third-order valence-corrected chi connectivity index (χ3v) is 5.37. The van der Waals surface area contributed by atoms with E-state index in [1.54, 1.807) is 0 Å². The molecule has 0 saturated carbocycles. The van der Waals surface area contributed by atoms with E-state index in [9.17, 15) is 14.4 Å². The van der Waals surface area contributed by atoms with Crippen LogP contribution < -0.4 is 5.56 Å². The minimum absolute atomic E-state index is 0.106. The average Bonchev–Trinajstić information content (AvgIpc) is 2.97. The summed E-state index contributed by atoms with van der Waals surface area (Å²) in [6.07, 6.45) is 5.37. The zero-order valence-corrected chi connectivity index (χ0v) is 15.1. The number of carbonyl (C=O) groups is 2. The van der Waals surface area contributed by atoms with Crippen LogP contribution in [0.4, 0.5) is 0 Å². The number of nitrogens with zero attached hydrogens (tertiary/aromatic N) is 2. The lowest BCUT2D eigenvalue weighted by Gasteiger charge is -2.36. The van der Waals surface area contributed by atoms with Gasteiger partial charge in [-0.1, -0.05) is 0 Å². The fraction of sp³-hybridized carbons (Fsp3) is 0.632. The summed E-state index contributed by atoms with van der Waals surface area (Å²) in [4.78, 5) is 43.7. The molecule has 0 unspecified atom stereocenters. The van der Waals surface area contributed by atoms with Crippen LogP contribution in [0.5, 0.6) is 0 Å². The molecule has 3 rings (SSSR count). The molecule has 1 aromatic rings. The van der Waals surface area contributed by atoms with Crippen molar-refractivity contribution in [2.75, 3.05) is 19.6 Å². The smallest absolute Gasteiger partial charge is 0.261 e. The highest BCUT2D eigenvalue weighted by molar-refractivity contribution is 5.95. The lowest BCUT2D eigenvalue weighted by atomic mass is 9.97. The molecular weight excluding hydrogens is 318 g/mol. The summed E-state index contributed by atoms with van der Waals surface area (Å²) in [5.41, 5.74) is 1.45. The minimum atomic E-state index is -0.304. The number of H-pyrrole nitrogens is 1. The van der Waals surface area contributed by atoms with Gasteiger partial charge in [-0.2, -0.15) is 0 Å². The Morgan fingerprint density at radius 1 is 1.20 bits per heavy atom. The van der Waals surface area contributed by atoms with E-state index in [1.165, 1.54) is 0 Å². The second-order valence-corrected chi connectivity index (χ2v) is 7.26. The Kier molecular flexibility index (Phi) is 5.25. The Morgan fingerprint density at radius 2 is 2.00 bits per heavy atom. The molecule has 3 heterocycles. The number of likely N-dealkylation sites (tertiary alicyclic amines) is 2. The van der Waals surface area contributed by atoms with E-state index in [2.05, 4.69) is 4.98 Å². The maximum atomic E-state index is 13.0. The summed E-state index contributed by atoms with van der Waals surface area (Å²) in [6.45, 7) is 5.85. The summed E-state index contributed by atoms with van der Waals surface area (Å²) >= 11 is 0. The van der Waals surface area contributed by atoms with Crippen LogP contribution in [0, 0.1) is 13.8 Å². The lowest BCUT2D eigenvalue weighted by molar-refractivity contribution is -0.127. The van der Waals surface area contributed by atoms with Crippen molar-refractivity contribution in [1.82, 2.24) is 14.8 Å². The number of aromatic amines is 1. The number of nitrogens with one attached hydrogen (secondary N) is 1. The van der Waals surface area contributed by atoms with Crippen LogP contribution in [-0.4, -0.2) is 52.3 Å². The molecule has 2 aliphatic heterocycles. The van der Waals surface area contributed by atoms with Crippen molar-refractivity contribution < 1.29 is 9.59 Å². The molecule has 0 bridgehead atoms. The standard InChI is InChI=1S/C19H27N3O3/c1-13-12-14(2)20-18(24)17(13)19(25)22-10-4-3-6-15(22)8-11-21-9-5-7-16(21)23/h12,15H,3-11H2,1-2H3,(H,20,24)/t15-/m1/s1. The second kappa shape index (κ2) is 7.42. The maximum absolute atomic E-state index is 13.0. The number of pyridine rings is 1. The van der Waals surface area contributed by atoms with Gasteiger partial charge in [-0.3, -0.25) is 14.4 Å². The molecule has 1 atom stereocenters. The Balaban J connectivity index is 1.75. The van der Waals surface area contributed by atoms with Crippen molar-refractivity contribution in [2.45, 2.75) is 58.4 Å². The van der Waals surface area contributed by atoms with Gasteiger partial charge in [0.15, 0.2) is 0 Å². The molecule has 2 aliphatic rings. The quantitative estimate of drug-likeness (QED) is 0.907. The topological polar surface area (TPSA) is 73.5 Å². The van der Waals surface area contributed by atoms with Crippen LogP contribution in [0.2, 0.25) is 0 Å². The number of amides is 2. The van der Waals surface area contributed by atoms with E-state index >= 15 is 0 Å². The molecule has 2 saturated heterocycles. The molecule has 6 nitrogen and oxygen atoms in total. The number of hydrogen-bond donors (Lipinski definition) is 1. The third-order valence-electron chi connectivity index (χ3n) is 5.37. The van der Waals surface area contributed by atoms with Gasteiger partial charge in [0.25, 0.3) is 11.5 Å². The number of rotatable bonds is 4. The van der Waals surface area contributed by atoms with Crippen LogP contribution in [0.1, 0.15) is 60.1 Å². The predicted molar refractivity (Wildman–Crippen MR) is 95.6 cm³/mol. The van der Waals surface area contributed by atoms with Crippen LogP contribution in [0.25, 0.3) is 0 Å². The van der Waals surface area contributed by atoms with Crippen molar-refractivity contribution in [1.29, 1.82) is 0 Å². The zero-order chi connectivity index (χ0) is 18.0. The van der Waals surface area contributed by atoms with Gasteiger partial charge in [-0.25, -0.2) is 0 Å². The zero-order valence-electron chi connectivity index (χ0n) is 15.1. The number of aryl methyl sites for hydroxylation is 2. The van der Waals surface area contributed by atoms with E-state index in [-0.39, 0.29) is 29.0 Å². The fourth-order valence-corrected chi connectivity index (χ4v) is 4.08. The van der Waals surface area contributed by atoms with Gasteiger partial charge in [0.2, 0.25) is 5.91 Å². The summed E-state index contributed by atoms with van der Waals surface area (Å²) in [5, 5.41) is 0. The first kappa shape index (κ1) is 17.7. The van der Waals surface area contributed by atoms with Crippen LogP contribution in [0.15, 0.2) is 10.9 Å². The lowest BCUT2D eigenvalue weighted by Crippen LogP contribution is -2.47. The Bertz CT molecular complexity index is 725. The van der Waals surface area contributed by atoms with Gasteiger partial charge in [0.1, 0.15) is 5.56 Å². The largest absolute Gasteiger partial charge is 0.343 e. The molecule has 6 heteroatoms. The van der Waals surface area contributed by atoms with E-state index in [0.29, 0.717) is 19.5 Å². The van der Waals surface area contributed by atoms with Gasteiger partial charge >= 0.3 is 0 Å². The monoisotopic (exact) mass is 345 g/mol. The van der Waals surface area contributed by atoms with E-state index in [0.717, 1.165) is 49.9 Å². The second-order valence-electron chi connectivity index (χ2n) is 7.26. The Labute approximate surface area is 148 Å².